The van der Waals surface area contributed by atoms with Gasteiger partial charge in [-0.1, -0.05) is 15.9 Å². The third-order valence-electron chi connectivity index (χ3n) is 2.83. The lowest BCUT2D eigenvalue weighted by atomic mass is 10.3. The Morgan fingerprint density at radius 1 is 1.45 bits per heavy atom. The number of rotatable bonds is 6. The molecule has 1 heterocycles. The number of halogens is 2. The summed E-state index contributed by atoms with van der Waals surface area (Å²) in [6.45, 7) is 1.07. The minimum Gasteiger partial charge on any atom is -0.327 e. The third-order valence-corrected chi connectivity index (χ3v) is 4.29. The molecule has 0 radical (unpaired) electrons. The zero-order valence-electron chi connectivity index (χ0n) is 10.9. The third kappa shape index (κ3) is 3.94. The van der Waals surface area contributed by atoms with E-state index in [1.165, 1.54) is 0 Å². The van der Waals surface area contributed by atoms with Crippen molar-refractivity contribution in [1.29, 1.82) is 0 Å². The van der Waals surface area contributed by atoms with E-state index in [0.717, 1.165) is 27.6 Å². The highest BCUT2D eigenvalue weighted by molar-refractivity contribution is 9.10. The molecule has 2 rings (SSSR count). The number of hydrogen-bond donors (Lipinski definition) is 1. The first-order valence-electron chi connectivity index (χ1n) is 6.06. The molecule has 20 heavy (non-hydrogen) atoms. The molecular formula is C12H15BrClN3O2S. The van der Waals surface area contributed by atoms with Gasteiger partial charge >= 0.3 is 0 Å². The van der Waals surface area contributed by atoms with Crippen molar-refractivity contribution in [1.82, 2.24) is 14.3 Å². The Bertz CT molecular complexity index is 715. The Hall–Kier alpha value is -0.630. The minimum absolute atomic E-state index is 0.325. The Morgan fingerprint density at radius 3 is 2.85 bits per heavy atom. The van der Waals surface area contributed by atoms with Gasteiger partial charge in [0.15, 0.2) is 0 Å². The van der Waals surface area contributed by atoms with Gasteiger partial charge in [0, 0.05) is 17.6 Å². The van der Waals surface area contributed by atoms with Gasteiger partial charge in [-0.25, -0.2) is 18.1 Å². The van der Waals surface area contributed by atoms with E-state index in [2.05, 4.69) is 25.6 Å². The van der Waals surface area contributed by atoms with Gasteiger partial charge in [0.2, 0.25) is 10.0 Å². The van der Waals surface area contributed by atoms with Crippen LogP contribution in [0.2, 0.25) is 0 Å². The van der Waals surface area contributed by atoms with Crippen LogP contribution in [0.15, 0.2) is 22.7 Å². The summed E-state index contributed by atoms with van der Waals surface area (Å²) in [4.78, 5) is 4.48. The number of imidazole rings is 1. The summed E-state index contributed by atoms with van der Waals surface area (Å²) in [6, 6.07) is 5.87. The lowest BCUT2D eigenvalue weighted by Crippen LogP contribution is -2.24. The normalized spacial score (nSPS) is 12.2. The summed E-state index contributed by atoms with van der Waals surface area (Å²) in [6.07, 6.45) is 1.83. The molecule has 1 aromatic carbocycles. The fraction of sp³-hybridized carbons (Fsp3) is 0.417. The van der Waals surface area contributed by atoms with Crippen LogP contribution in [0.5, 0.6) is 0 Å². The largest absolute Gasteiger partial charge is 0.327 e. The van der Waals surface area contributed by atoms with E-state index in [-0.39, 0.29) is 0 Å². The van der Waals surface area contributed by atoms with Crippen LogP contribution in [0.3, 0.4) is 0 Å². The molecule has 0 spiro atoms. The summed E-state index contributed by atoms with van der Waals surface area (Å²) in [5.41, 5.74) is 1.88. The maximum absolute atomic E-state index is 11.0. The van der Waals surface area contributed by atoms with Crippen LogP contribution < -0.4 is 4.72 Å². The van der Waals surface area contributed by atoms with Crippen molar-refractivity contribution in [2.45, 2.75) is 18.8 Å². The lowest BCUT2D eigenvalue weighted by molar-refractivity contribution is 0.575. The van der Waals surface area contributed by atoms with Crippen molar-refractivity contribution in [2.24, 2.45) is 0 Å². The van der Waals surface area contributed by atoms with Gasteiger partial charge in [-0.2, -0.15) is 0 Å². The van der Waals surface area contributed by atoms with Crippen LogP contribution in [-0.4, -0.2) is 30.8 Å². The van der Waals surface area contributed by atoms with Crippen molar-refractivity contribution < 1.29 is 8.42 Å². The standard InChI is InChI=1S/C12H15BrClN3O2S/c1-20(18,19)15-5-2-6-17-11-4-3-9(13)7-10(11)16-12(17)8-14/h3-4,7,15H,2,5-6,8H2,1H3. The molecule has 0 saturated heterocycles. The van der Waals surface area contributed by atoms with Gasteiger partial charge in [-0.15, -0.1) is 11.6 Å². The number of nitrogens with one attached hydrogen (secondary N) is 1. The van der Waals surface area contributed by atoms with Crippen LogP contribution in [0, 0.1) is 0 Å². The van der Waals surface area contributed by atoms with E-state index in [1.54, 1.807) is 0 Å². The Kier molecular flexibility index (Phi) is 5.06. The van der Waals surface area contributed by atoms with E-state index < -0.39 is 10.0 Å². The molecule has 0 unspecified atom stereocenters. The zero-order valence-corrected chi connectivity index (χ0v) is 14.1. The second kappa shape index (κ2) is 6.43. The number of sulfonamides is 1. The van der Waals surface area contributed by atoms with E-state index in [9.17, 15) is 8.42 Å². The average molecular weight is 381 g/mol. The Balaban J connectivity index is 2.16. The van der Waals surface area contributed by atoms with Crippen LogP contribution in [0.25, 0.3) is 11.0 Å². The number of fused-ring (bicyclic) bond motifs is 1. The average Bonchev–Trinajstić information content (AvgIpc) is 2.70. The molecule has 0 aliphatic carbocycles. The van der Waals surface area contributed by atoms with E-state index >= 15 is 0 Å². The molecule has 0 bridgehead atoms. The fourth-order valence-electron chi connectivity index (χ4n) is 2.00. The first-order valence-corrected chi connectivity index (χ1v) is 9.28. The molecule has 110 valence electrons. The maximum Gasteiger partial charge on any atom is 0.208 e. The number of aromatic nitrogens is 2. The number of nitrogens with zero attached hydrogens (tertiary/aromatic N) is 2. The van der Waals surface area contributed by atoms with Crippen molar-refractivity contribution >= 4 is 48.6 Å². The predicted octanol–water partition coefficient (Wildman–Crippen LogP) is 2.48. The number of aryl methyl sites for hydroxylation is 1. The molecule has 1 aromatic heterocycles. The van der Waals surface area contributed by atoms with Crippen molar-refractivity contribution in [2.75, 3.05) is 12.8 Å². The number of hydrogen-bond acceptors (Lipinski definition) is 3. The molecule has 0 aliphatic rings. The fourth-order valence-corrected chi connectivity index (χ4v) is 3.07. The smallest absolute Gasteiger partial charge is 0.208 e. The van der Waals surface area contributed by atoms with Gasteiger partial charge in [0.1, 0.15) is 5.82 Å². The molecule has 8 heteroatoms. The van der Waals surface area contributed by atoms with Gasteiger partial charge in [0.25, 0.3) is 0 Å². The second-order valence-corrected chi connectivity index (χ2v) is 7.48. The number of alkyl halides is 1. The SMILES string of the molecule is CS(=O)(=O)NCCCn1c(CCl)nc2cc(Br)ccc21. The first kappa shape index (κ1) is 15.8. The second-order valence-electron chi connectivity index (χ2n) is 4.47. The van der Waals surface area contributed by atoms with E-state index in [4.69, 9.17) is 11.6 Å². The van der Waals surface area contributed by atoms with E-state index in [0.29, 0.717) is 25.4 Å². The van der Waals surface area contributed by atoms with Gasteiger partial charge in [-0.05, 0) is 24.6 Å². The zero-order chi connectivity index (χ0) is 14.8. The minimum atomic E-state index is -3.14. The molecule has 0 saturated carbocycles. The van der Waals surface area contributed by atoms with Gasteiger partial charge in [-0.3, -0.25) is 0 Å². The molecule has 0 aliphatic heterocycles. The first-order chi connectivity index (χ1) is 9.40. The Morgan fingerprint density at radius 2 is 2.20 bits per heavy atom. The summed E-state index contributed by atoms with van der Waals surface area (Å²) in [5, 5.41) is 0. The molecule has 2 aromatic rings. The monoisotopic (exact) mass is 379 g/mol. The van der Waals surface area contributed by atoms with Crippen LogP contribution in [0.1, 0.15) is 12.2 Å². The van der Waals surface area contributed by atoms with Crippen molar-refractivity contribution in [3.8, 4) is 0 Å². The van der Waals surface area contributed by atoms with Crippen LogP contribution in [-0.2, 0) is 22.4 Å². The molecule has 0 amide bonds. The maximum atomic E-state index is 11.0. The molecule has 5 nitrogen and oxygen atoms in total. The predicted molar refractivity (Wildman–Crippen MR) is 84.5 cm³/mol. The summed E-state index contributed by atoms with van der Waals surface area (Å²) >= 11 is 9.34. The molecule has 0 fully saturated rings. The van der Waals surface area contributed by atoms with Crippen LogP contribution in [0.4, 0.5) is 0 Å². The Labute approximate surface area is 131 Å². The lowest BCUT2D eigenvalue weighted by Gasteiger charge is -2.08. The highest BCUT2D eigenvalue weighted by Crippen LogP contribution is 2.22. The molecule has 0 atom stereocenters. The highest BCUT2D eigenvalue weighted by atomic mass is 79.9. The summed E-state index contributed by atoms with van der Waals surface area (Å²) in [7, 11) is -3.14. The van der Waals surface area contributed by atoms with Crippen molar-refractivity contribution in [3.05, 3.63) is 28.5 Å². The van der Waals surface area contributed by atoms with Crippen LogP contribution >= 0.6 is 27.5 Å². The highest BCUT2D eigenvalue weighted by Gasteiger charge is 2.10. The molecular weight excluding hydrogens is 366 g/mol. The quantitative estimate of drug-likeness (QED) is 0.618. The van der Waals surface area contributed by atoms with Gasteiger partial charge < -0.3 is 4.57 Å². The molecule has 1 N–H and O–H groups in total. The summed E-state index contributed by atoms with van der Waals surface area (Å²) < 4.78 is 27.5. The van der Waals surface area contributed by atoms with Gasteiger partial charge in [0.05, 0.1) is 23.2 Å². The van der Waals surface area contributed by atoms with E-state index in [1.807, 2.05) is 22.8 Å². The van der Waals surface area contributed by atoms with Crippen molar-refractivity contribution in [3.63, 3.8) is 0 Å². The number of benzene rings is 1. The summed E-state index contributed by atoms with van der Waals surface area (Å²) in [5.74, 6) is 1.12. The topological polar surface area (TPSA) is 64.0 Å².